The molecule has 0 saturated heterocycles. The first-order valence-corrected chi connectivity index (χ1v) is 7.12. The Kier molecular flexibility index (Phi) is 7.43. The predicted octanol–water partition coefficient (Wildman–Crippen LogP) is 2.88. The highest BCUT2D eigenvalue weighted by Crippen LogP contribution is 2.27. The van der Waals surface area contributed by atoms with Gasteiger partial charge in [0.2, 0.25) is 5.95 Å². The molecular weight excluding hydrogens is 384 g/mol. The molecule has 2 N–H and O–H groups in total. The molecule has 0 spiro atoms. The highest BCUT2D eigenvalue weighted by Gasteiger charge is 2.38. The van der Waals surface area contributed by atoms with Crippen molar-refractivity contribution in [1.82, 2.24) is 19.9 Å². The normalized spacial score (nSPS) is 11.4. The Morgan fingerprint density at radius 1 is 1.11 bits per heavy atom. The number of carboxylic acid groups (broad SMARTS) is 1. The molecule has 0 bridgehead atoms. The fourth-order valence-corrected chi connectivity index (χ4v) is 1.56. The summed E-state index contributed by atoms with van der Waals surface area (Å²) in [6.45, 7) is 1.86. The van der Waals surface area contributed by atoms with Gasteiger partial charge in [-0.1, -0.05) is 0 Å². The third-order valence-electron chi connectivity index (χ3n) is 2.63. The number of hydrogen-bond acceptors (Lipinski definition) is 6. The molecule has 0 aliphatic rings. The fourth-order valence-electron chi connectivity index (χ4n) is 1.56. The molecule has 2 aromatic rings. The number of carbonyl (C=O) groups is 1. The van der Waals surface area contributed by atoms with Crippen LogP contribution in [0.25, 0.3) is 0 Å². The zero-order chi connectivity index (χ0) is 20.7. The Morgan fingerprint density at radius 2 is 1.67 bits per heavy atom. The maximum absolute atomic E-state index is 12.6. The first-order chi connectivity index (χ1) is 12.4. The summed E-state index contributed by atoms with van der Waals surface area (Å²) in [5.41, 5.74) is -0.630. The molecule has 0 radical (unpaired) electrons. The second kappa shape index (κ2) is 9.09. The number of hydrogen-bond donors (Lipinski definition) is 2. The number of aromatic nitrogens is 4. The summed E-state index contributed by atoms with van der Waals surface area (Å²) in [6, 6.07) is 2.60. The number of carboxylic acids is 1. The minimum atomic E-state index is -5.08. The Morgan fingerprint density at radius 3 is 2.15 bits per heavy atom. The maximum Gasteiger partial charge on any atom is 0.490 e. The van der Waals surface area contributed by atoms with E-state index in [1.165, 1.54) is 6.92 Å². The van der Waals surface area contributed by atoms with Crippen molar-refractivity contribution in [3.8, 4) is 0 Å². The highest BCUT2D eigenvalue weighted by molar-refractivity contribution is 5.73. The topological polar surface area (TPSA) is 101 Å². The van der Waals surface area contributed by atoms with Crippen LogP contribution in [0, 0.1) is 6.92 Å². The van der Waals surface area contributed by atoms with Crippen molar-refractivity contribution in [2.24, 2.45) is 0 Å². The summed E-state index contributed by atoms with van der Waals surface area (Å²) in [6.07, 6.45) is -6.15. The van der Waals surface area contributed by atoms with E-state index in [0.29, 0.717) is 18.2 Å². The van der Waals surface area contributed by atoms with Crippen LogP contribution in [-0.2, 0) is 17.4 Å². The van der Waals surface area contributed by atoms with Crippen LogP contribution >= 0.6 is 0 Å². The summed E-state index contributed by atoms with van der Waals surface area (Å²) in [7, 11) is 0. The number of halogens is 6. The second-order valence-corrected chi connectivity index (χ2v) is 4.86. The minimum Gasteiger partial charge on any atom is -0.475 e. The molecule has 27 heavy (non-hydrogen) atoms. The number of anilines is 1. The first-order valence-electron chi connectivity index (χ1n) is 7.12. The number of nitrogens with one attached hydrogen (secondary N) is 1. The van der Waals surface area contributed by atoms with Crippen LogP contribution in [0.1, 0.15) is 17.2 Å². The molecule has 0 amide bonds. The standard InChI is InChI=1S/C12H12F3N5.C2HF3O2/c1-8-7-9(12(13,14)15)20-10(19-8)3-6-18-11-16-4-2-5-17-11;3-2(4,5)1(6)7/h2,4-5,7H,3,6H2,1H3,(H,16,17,18);(H,6,7). The molecule has 0 saturated carbocycles. The van der Waals surface area contributed by atoms with Crippen LogP contribution in [0.15, 0.2) is 24.5 Å². The van der Waals surface area contributed by atoms with Gasteiger partial charge in [-0.05, 0) is 19.1 Å². The molecule has 2 rings (SSSR count). The lowest BCUT2D eigenvalue weighted by molar-refractivity contribution is -0.192. The summed E-state index contributed by atoms with van der Waals surface area (Å²) in [4.78, 5) is 24.3. The van der Waals surface area contributed by atoms with E-state index in [1.807, 2.05) is 0 Å². The van der Waals surface area contributed by atoms with Gasteiger partial charge >= 0.3 is 18.3 Å². The van der Waals surface area contributed by atoms with Crippen molar-refractivity contribution in [1.29, 1.82) is 0 Å². The molecule has 0 aliphatic carbocycles. The largest absolute Gasteiger partial charge is 0.490 e. The molecule has 148 valence electrons. The molecular formula is C14H13F6N5O2. The highest BCUT2D eigenvalue weighted by atomic mass is 19.4. The van der Waals surface area contributed by atoms with Crippen LogP contribution in [0.3, 0.4) is 0 Å². The zero-order valence-corrected chi connectivity index (χ0v) is 13.6. The van der Waals surface area contributed by atoms with Crippen LogP contribution in [0.4, 0.5) is 32.3 Å². The molecule has 2 aromatic heterocycles. The van der Waals surface area contributed by atoms with E-state index < -0.39 is 24.0 Å². The zero-order valence-electron chi connectivity index (χ0n) is 13.6. The SMILES string of the molecule is Cc1cc(C(F)(F)F)nc(CCNc2ncccn2)n1.O=C(O)C(F)(F)F. The average molecular weight is 397 g/mol. The van der Waals surface area contributed by atoms with Gasteiger partial charge in [0.15, 0.2) is 0 Å². The van der Waals surface area contributed by atoms with E-state index in [1.54, 1.807) is 18.5 Å². The van der Waals surface area contributed by atoms with Gasteiger partial charge in [0.05, 0.1) is 0 Å². The van der Waals surface area contributed by atoms with Gasteiger partial charge in [-0.3, -0.25) is 0 Å². The van der Waals surface area contributed by atoms with Crippen molar-refractivity contribution >= 4 is 11.9 Å². The second-order valence-electron chi connectivity index (χ2n) is 4.86. The molecule has 13 heteroatoms. The Balaban J connectivity index is 0.000000445. The minimum absolute atomic E-state index is 0.140. The molecule has 0 aliphatic heterocycles. The molecule has 0 unspecified atom stereocenters. The molecule has 0 atom stereocenters. The van der Waals surface area contributed by atoms with Gasteiger partial charge in [-0.15, -0.1) is 0 Å². The third-order valence-corrected chi connectivity index (χ3v) is 2.63. The van der Waals surface area contributed by atoms with Crippen LogP contribution in [0.2, 0.25) is 0 Å². The third kappa shape index (κ3) is 8.29. The van der Waals surface area contributed by atoms with Gasteiger partial charge in [0.1, 0.15) is 11.5 Å². The summed E-state index contributed by atoms with van der Waals surface area (Å²) >= 11 is 0. The smallest absolute Gasteiger partial charge is 0.475 e. The number of rotatable bonds is 4. The van der Waals surface area contributed by atoms with Gasteiger partial charge < -0.3 is 10.4 Å². The lowest BCUT2D eigenvalue weighted by Crippen LogP contribution is -2.21. The Labute approximate surface area is 148 Å². The monoisotopic (exact) mass is 397 g/mol. The van der Waals surface area contributed by atoms with Gasteiger partial charge in [0.25, 0.3) is 0 Å². The van der Waals surface area contributed by atoms with Crippen molar-refractivity contribution in [3.05, 3.63) is 41.7 Å². The number of alkyl halides is 6. The number of nitrogens with zero attached hydrogens (tertiary/aromatic N) is 4. The van der Waals surface area contributed by atoms with E-state index >= 15 is 0 Å². The maximum atomic E-state index is 12.6. The Bertz CT molecular complexity index is 752. The lowest BCUT2D eigenvalue weighted by atomic mass is 10.3. The molecule has 0 aromatic carbocycles. The summed E-state index contributed by atoms with van der Waals surface area (Å²) < 4.78 is 69.6. The molecule has 0 fully saturated rings. The van der Waals surface area contributed by atoms with Crippen molar-refractivity contribution in [2.45, 2.75) is 25.7 Å². The van der Waals surface area contributed by atoms with E-state index in [4.69, 9.17) is 9.90 Å². The van der Waals surface area contributed by atoms with Crippen LogP contribution < -0.4 is 5.32 Å². The molecule has 2 heterocycles. The summed E-state index contributed by atoms with van der Waals surface area (Å²) in [5.74, 6) is -2.20. The van der Waals surface area contributed by atoms with Crippen molar-refractivity contribution in [2.75, 3.05) is 11.9 Å². The lowest BCUT2D eigenvalue weighted by Gasteiger charge is -2.09. The molecule has 7 nitrogen and oxygen atoms in total. The first kappa shape index (κ1) is 22.1. The fraction of sp³-hybridized carbons (Fsp3) is 0.357. The number of aliphatic carboxylic acids is 1. The van der Waals surface area contributed by atoms with E-state index in [9.17, 15) is 26.3 Å². The van der Waals surface area contributed by atoms with E-state index in [2.05, 4.69) is 25.3 Å². The van der Waals surface area contributed by atoms with Crippen molar-refractivity contribution in [3.63, 3.8) is 0 Å². The van der Waals surface area contributed by atoms with E-state index in [0.717, 1.165) is 6.07 Å². The average Bonchev–Trinajstić information content (AvgIpc) is 2.54. The van der Waals surface area contributed by atoms with Crippen molar-refractivity contribution < 1.29 is 36.2 Å². The van der Waals surface area contributed by atoms with Crippen LogP contribution in [-0.4, -0.2) is 43.7 Å². The van der Waals surface area contributed by atoms with Gasteiger partial charge in [0, 0.05) is 31.1 Å². The number of aryl methyl sites for hydroxylation is 1. The Hall–Kier alpha value is -2.99. The summed E-state index contributed by atoms with van der Waals surface area (Å²) in [5, 5.41) is 10.0. The quantitative estimate of drug-likeness (QED) is 0.765. The van der Waals surface area contributed by atoms with E-state index in [-0.39, 0.29) is 12.2 Å². The predicted molar refractivity (Wildman–Crippen MR) is 79.7 cm³/mol. The van der Waals surface area contributed by atoms with Crippen LogP contribution in [0.5, 0.6) is 0 Å². The van der Waals surface area contributed by atoms with Gasteiger partial charge in [-0.25, -0.2) is 24.7 Å². The van der Waals surface area contributed by atoms with Gasteiger partial charge in [-0.2, -0.15) is 26.3 Å².